The lowest BCUT2D eigenvalue weighted by molar-refractivity contribution is 0.0696. The fourth-order valence-corrected chi connectivity index (χ4v) is 5.53. The number of rotatable bonds is 9. The maximum absolute atomic E-state index is 10.3. The summed E-state index contributed by atoms with van der Waals surface area (Å²) in [5.74, 6) is 4.18. The van der Waals surface area contributed by atoms with E-state index in [1.165, 1.54) is 117 Å². The molecule has 0 saturated heterocycles. The molecule has 3 saturated carbocycles. The fraction of sp³-hybridized carbons (Fsp3) is 0.554. The molecule has 3 aliphatic rings. The van der Waals surface area contributed by atoms with E-state index in [0.29, 0.717) is 11.0 Å². The first kappa shape index (κ1) is 105. The molecule has 6 aromatic rings. The van der Waals surface area contributed by atoms with Gasteiger partial charge in [-0.3, -0.25) is 0 Å². The van der Waals surface area contributed by atoms with Gasteiger partial charge in [0.05, 0.1) is 11.2 Å². The van der Waals surface area contributed by atoms with Gasteiger partial charge >= 0.3 is 5.97 Å². The Morgan fingerprint density at radius 1 is 0.546 bits per heavy atom. The standard InChI is InChI=1S/C8H8O2.C8H10.C7H7Br.C7H7Cl.2C7H8.C6H12.C6H14.C5H12O.C5H10.C5H12.C5H10.C4H8.2C4H10.C4H8/c1-6-2-4-7(5-3-6)8(9)10;1-2-8-6-4-3-5-7-8;2*1-6-2-4-7(8)5-3-6;2*1-7-5-3-2-4-6-7;1-2-6-4-3-5-6;1-5-6(2,3)4;1-4-5(2,3)6;1-2-5-3-4-5;2*1-4-5(2)3;1-4-2-3-4;1-4(2)3;2*1-3-4-2/h2-5H,1H3,(H,9,10);3-7H,2H2,1H3;2*2-5H,1H3;2*2-6H,1H3;6H,2-5H2,1H3;5H2,1-4H3;6H,4H2,1-3H3;5H,2-4H2,1H3;5H,4H2,1-3H3;2,4H2,1,3H3;4H,2-3H2,1H3;4H,1-3H3;3-4H2,1-2H3;3H,1,4H2,2H3. The van der Waals surface area contributed by atoms with Crippen LogP contribution in [0.15, 0.2) is 193 Å². The number of carbonyl (C=O) groups is 1. The van der Waals surface area contributed by atoms with Crippen LogP contribution in [0.5, 0.6) is 0 Å². The molecule has 0 spiro atoms. The second kappa shape index (κ2) is 73.7. The molecule has 0 aliphatic heterocycles. The maximum atomic E-state index is 10.3. The molecule has 0 radical (unpaired) electrons. The number of hydrogen-bond donors (Lipinski definition) is 2. The lowest BCUT2D eigenvalue weighted by atomic mass is 9.84. The van der Waals surface area contributed by atoms with Crippen LogP contribution in [0.3, 0.4) is 0 Å². The van der Waals surface area contributed by atoms with Gasteiger partial charge in [-0.2, -0.15) is 0 Å². The van der Waals surface area contributed by atoms with Gasteiger partial charge in [0, 0.05) is 9.50 Å². The Kier molecular flexibility index (Phi) is 80.1. The Morgan fingerprint density at radius 2 is 0.825 bits per heavy atom. The quantitative estimate of drug-likeness (QED) is 0.142. The molecular weight excluding hydrogens is 1270 g/mol. The third kappa shape index (κ3) is 105. The van der Waals surface area contributed by atoms with Gasteiger partial charge in [0.2, 0.25) is 0 Å². The summed E-state index contributed by atoms with van der Waals surface area (Å²) in [5.41, 5.74) is 9.35. The van der Waals surface area contributed by atoms with E-state index in [-0.39, 0.29) is 0 Å². The number of unbranched alkanes of at least 4 members (excludes halogenated alkanes) is 1. The van der Waals surface area contributed by atoms with Crippen molar-refractivity contribution in [2.75, 3.05) is 0 Å². The van der Waals surface area contributed by atoms with Crippen LogP contribution in [0, 0.1) is 69.6 Å². The molecule has 0 heterocycles. The van der Waals surface area contributed by atoms with Crippen molar-refractivity contribution >= 4 is 33.5 Å². The van der Waals surface area contributed by atoms with Gasteiger partial charge in [0.15, 0.2) is 0 Å². The summed E-state index contributed by atoms with van der Waals surface area (Å²) < 4.78 is 1.14. The van der Waals surface area contributed by atoms with Crippen molar-refractivity contribution in [1.82, 2.24) is 0 Å². The van der Waals surface area contributed by atoms with Gasteiger partial charge in [-0.25, -0.2) is 4.79 Å². The zero-order valence-electron chi connectivity index (χ0n) is 68.0. The first-order valence-electron chi connectivity index (χ1n) is 37.3. The van der Waals surface area contributed by atoms with Crippen molar-refractivity contribution < 1.29 is 15.0 Å². The fourth-order valence-electron chi connectivity index (χ4n) is 5.14. The highest BCUT2D eigenvalue weighted by atomic mass is 79.9. The monoisotopic (exact) mass is 1420 g/mol. The normalized spacial score (nSPS) is 11.5. The summed E-state index contributed by atoms with van der Waals surface area (Å²) in [5, 5.41) is 18.1. The summed E-state index contributed by atoms with van der Waals surface area (Å²) in [6.07, 6.45) is 24.6. The highest BCUT2D eigenvalue weighted by Crippen LogP contribution is 2.31. The zero-order valence-corrected chi connectivity index (χ0v) is 70.4. The summed E-state index contributed by atoms with van der Waals surface area (Å²) in [7, 11) is 0. The van der Waals surface area contributed by atoms with E-state index in [1.807, 2.05) is 113 Å². The number of carboxylic acid groups (broad SMARTS) is 1. The lowest BCUT2D eigenvalue weighted by Crippen LogP contribution is -2.15. The molecule has 3 nitrogen and oxygen atoms in total. The van der Waals surface area contributed by atoms with Crippen LogP contribution >= 0.6 is 27.5 Å². The largest absolute Gasteiger partial charge is 0.478 e. The highest BCUT2D eigenvalue weighted by Gasteiger charge is 2.17. The Balaban J connectivity index is -0.000000179. The molecule has 5 heteroatoms. The third-order valence-corrected chi connectivity index (χ3v) is 15.3. The van der Waals surface area contributed by atoms with Gasteiger partial charge in [-0.15, -0.1) is 13.2 Å². The van der Waals surface area contributed by atoms with Gasteiger partial charge in [-0.05, 0) is 158 Å². The molecule has 97 heavy (non-hydrogen) atoms. The van der Waals surface area contributed by atoms with Crippen LogP contribution in [0.2, 0.25) is 5.02 Å². The van der Waals surface area contributed by atoms with E-state index in [2.05, 4.69) is 235 Å². The van der Waals surface area contributed by atoms with Gasteiger partial charge in [0.25, 0.3) is 0 Å². The van der Waals surface area contributed by atoms with Crippen LogP contribution in [0.1, 0.15) is 299 Å². The number of benzene rings is 6. The van der Waals surface area contributed by atoms with Crippen molar-refractivity contribution in [2.45, 2.75) is 302 Å². The van der Waals surface area contributed by atoms with Crippen LogP contribution in [-0.2, 0) is 6.42 Å². The Morgan fingerprint density at radius 3 is 0.948 bits per heavy atom. The molecule has 0 atom stereocenters. The zero-order chi connectivity index (χ0) is 76.1. The summed E-state index contributed by atoms with van der Waals surface area (Å²) in [4.78, 5) is 10.3. The average Bonchev–Trinajstić information content (AvgIpc) is 2.65. The van der Waals surface area contributed by atoms with E-state index < -0.39 is 11.6 Å². The van der Waals surface area contributed by atoms with Crippen molar-refractivity contribution in [3.05, 3.63) is 237 Å². The van der Waals surface area contributed by atoms with Gasteiger partial charge in [0.1, 0.15) is 0 Å². The smallest absolute Gasteiger partial charge is 0.335 e. The number of carboxylic acids is 1. The van der Waals surface area contributed by atoms with Crippen molar-refractivity contribution in [1.29, 1.82) is 0 Å². The molecule has 0 bridgehead atoms. The van der Waals surface area contributed by atoms with Crippen molar-refractivity contribution in [2.24, 2.45) is 35.0 Å². The maximum Gasteiger partial charge on any atom is 0.335 e. The van der Waals surface area contributed by atoms with Gasteiger partial charge < -0.3 is 10.2 Å². The molecule has 3 fully saturated rings. The minimum Gasteiger partial charge on any atom is -0.478 e. The highest BCUT2D eigenvalue weighted by molar-refractivity contribution is 9.10. The predicted molar refractivity (Wildman–Crippen MR) is 449 cm³/mol. The van der Waals surface area contributed by atoms with Crippen LogP contribution in [0.4, 0.5) is 0 Å². The Hall–Kier alpha value is -5.00. The third-order valence-electron chi connectivity index (χ3n) is 14.5. The topological polar surface area (TPSA) is 57.5 Å². The molecule has 2 N–H and O–H groups in total. The van der Waals surface area contributed by atoms with Crippen LogP contribution < -0.4 is 0 Å². The number of allylic oxidation sites excluding steroid dienone is 2. The first-order chi connectivity index (χ1) is 45.5. The number of aliphatic hydroxyl groups is 1. The molecule has 0 unspecified atom stereocenters. The van der Waals surface area contributed by atoms with Gasteiger partial charge in [-0.1, -0.05) is 409 Å². The minimum atomic E-state index is -0.875. The molecule has 3 aliphatic carbocycles. The predicted octanol–water partition coefficient (Wildman–Crippen LogP) is 31.4. The summed E-state index contributed by atoms with van der Waals surface area (Å²) >= 11 is 8.96. The molecule has 0 aromatic heterocycles. The molecule has 554 valence electrons. The van der Waals surface area contributed by atoms with Crippen LogP contribution in [0.25, 0.3) is 0 Å². The first-order valence-corrected chi connectivity index (χ1v) is 38.4. The van der Waals surface area contributed by atoms with E-state index in [4.69, 9.17) is 21.8 Å². The molecular formula is C92H154BrClO3. The van der Waals surface area contributed by atoms with Crippen molar-refractivity contribution in [3.63, 3.8) is 0 Å². The Labute approximate surface area is 618 Å². The number of aryl methyl sites for hydroxylation is 6. The Bertz CT molecular complexity index is 2360. The summed E-state index contributed by atoms with van der Waals surface area (Å²) in [6.45, 7) is 64.5. The number of aromatic carboxylic acids is 1. The number of halogens is 2. The van der Waals surface area contributed by atoms with E-state index in [9.17, 15) is 4.79 Å². The number of hydrogen-bond acceptors (Lipinski definition) is 2. The SMILES string of the molecule is C=C(C)CC.C=CCC.CC(C)C.CC1CC1.CCC(C)(C)C.CCC(C)(C)O.CCC(C)C.CCC1CC1.CCC1CCC1.CCCC.CCc1ccccc1.Cc1ccc(Br)cc1.Cc1ccc(C(=O)O)cc1.Cc1ccc(Cl)cc1.Cc1ccccc1.Cc1ccccc1. The second-order valence-corrected chi connectivity index (χ2v) is 29.6. The van der Waals surface area contributed by atoms with E-state index in [0.717, 1.165) is 70.3 Å². The summed E-state index contributed by atoms with van der Waals surface area (Å²) in [6, 6.07) is 53.7. The molecule has 9 rings (SSSR count). The van der Waals surface area contributed by atoms with Crippen LogP contribution in [-0.4, -0.2) is 21.8 Å². The minimum absolute atomic E-state index is 0.339. The van der Waals surface area contributed by atoms with E-state index >= 15 is 0 Å². The molecule has 6 aromatic carbocycles. The molecule has 0 amide bonds. The lowest BCUT2D eigenvalue weighted by Gasteiger charge is -2.22. The van der Waals surface area contributed by atoms with E-state index in [1.54, 1.807) is 38.1 Å². The second-order valence-electron chi connectivity index (χ2n) is 28.3. The average molecular weight is 1420 g/mol. The van der Waals surface area contributed by atoms with Crippen molar-refractivity contribution in [3.8, 4) is 0 Å².